The molecule has 3 heteroatoms. The fraction of sp³-hybridized carbons (Fsp3) is 0.750. The molecule has 0 rings (SSSR count). The highest BCUT2D eigenvalue weighted by Gasteiger charge is 1.85. The Kier molecular flexibility index (Phi) is 3.32. The van der Waals surface area contributed by atoms with Crippen molar-refractivity contribution in [3.8, 4) is 0 Å². The zero-order valence-electron chi connectivity index (χ0n) is 4.31. The van der Waals surface area contributed by atoms with Gasteiger partial charge >= 0.3 is 5.97 Å². The molecule has 0 heterocycles. The van der Waals surface area contributed by atoms with Crippen LogP contribution in [-0.2, 0) is 9.53 Å². The molecule has 0 aromatic heterocycles. The zero-order valence-corrected chi connectivity index (χ0v) is 4.31. The Labute approximate surface area is 42.4 Å². The second-order valence-corrected chi connectivity index (χ2v) is 1.13. The summed E-state index contributed by atoms with van der Waals surface area (Å²) in [5.41, 5.74) is 5.00. The number of nitrogens with two attached hydrogens (primary N) is 1. The average molecular weight is 103 g/mol. The Morgan fingerprint density at radius 3 is 2.57 bits per heavy atom. The summed E-state index contributed by atoms with van der Waals surface area (Å²) in [6.07, 6.45) is 0. The first kappa shape index (κ1) is 6.43. The third-order valence-corrected chi connectivity index (χ3v) is 0.423. The van der Waals surface area contributed by atoms with E-state index in [2.05, 4.69) is 4.74 Å². The van der Waals surface area contributed by atoms with E-state index in [1.807, 2.05) is 0 Å². The van der Waals surface area contributed by atoms with Crippen LogP contribution in [-0.4, -0.2) is 19.1 Å². The van der Waals surface area contributed by atoms with Crippen molar-refractivity contribution in [2.75, 3.05) is 13.2 Å². The maximum Gasteiger partial charge on any atom is 0.302 e. The largest absolute Gasteiger partial charge is 0.465 e. The van der Waals surface area contributed by atoms with Crippen molar-refractivity contribution in [3.05, 3.63) is 0 Å². The predicted molar refractivity (Wildman–Crippen MR) is 25.7 cm³/mol. The molecule has 0 unspecified atom stereocenters. The standard InChI is InChI=1S/C4H9NO2/c1-4(6)7-3-2-5/h2-3,5H2,1H3. The number of hydrogen-bond donors (Lipinski definition) is 1. The van der Waals surface area contributed by atoms with Gasteiger partial charge in [-0.25, -0.2) is 0 Å². The van der Waals surface area contributed by atoms with E-state index in [0.717, 1.165) is 0 Å². The van der Waals surface area contributed by atoms with Gasteiger partial charge in [-0.15, -0.1) is 0 Å². The molecular weight excluding hydrogens is 94.0 g/mol. The van der Waals surface area contributed by atoms with Gasteiger partial charge in [0.1, 0.15) is 6.61 Å². The first-order valence-corrected chi connectivity index (χ1v) is 2.11. The van der Waals surface area contributed by atoms with Crippen LogP contribution in [0, 0.1) is 0 Å². The molecular formula is C4H9NO2. The molecule has 7 heavy (non-hydrogen) atoms. The van der Waals surface area contributed by atoms with Crippen LogP contribution in [0.25, 0.3) is 0 Å². The summed E-state index contributed by atoms with van der Waals surface area (Å²) in [7, 11) is 0. The average Bonchev–Trinajstić information content (AvgIpc) is 1.61. The quantitative estimate of drug-likeness (QED) is 0.480. The van der Waals surface area contributed by atoms with Crippen LogP contribution in [0.3, 0.4) is 0 Å². The number of rotatable bonds is 2. The van der Waals surface area contributed by atoms with Crippen molar-refractivity contribution in [2.24, 2.45) is 5.73 Å². The van der Waals surface area contributed by atoms with Gasteiger partial charge in [-0.2, -0.15) is 0 Å². The van der Waals surface area contributed by atoms with Crippen molar-refractivity contribution >= 4 is 5.97 Å². The maximum absolute atomic E-state index is 9.92. The highest BCUT2D eigenvalue weighted by molar-refractivity contribution is 5.65. The van der Waals surface area contributed by atoms with Crippen molar-refractivity contribution in [2.45, 2.75) is 6.92 Å². The second-order valence-electron chi connectivity index (χ2n) is 1.13. The van der Waals surface area contributed by atoms with Gasteiger partial charge in [0.25, 0.3) is 0 Å². The van der Waals surface area contributed by atoms with Crippen molar-refractivity contribution in [3.63, 3.8) is 0 Å². The van der Waals surface area contributed by atoms with E-state index in [0.29, 0.717) is 13.2 Å². The van der Waals surface area contributed by atoms with Gasteiger partial charge in [0.2, 0.25) is 0 Å². The van der Waals surface area contributed by atoms with Crippen LogP contribution in [0.2, 0.25) is 0 Å². The van der Waals surface area contributed by atoms with Crippen LogP contribution in [0.5, 0.6) is 0 Å². The molecule has 0 aromatic carbocycles. The highest BCUT2D eigenvalue weighted by Crippen LogP contribution is 1.69. The number of esters is 1. The summed E-state index contributed by atoms with van der Waals surface area (Å²) >= 11 is 0. The molecule has 0 saturated carbocycles. The smallest absolute Gasteiger partial charge is 0.302 e. The lowest BCUT2D eigenvalue weighted by atomic mass is 10.7. The summed E-state index contributed by atoms with van der Waals surface area (Å²) < 4.78 is 4.43. The SMILES string of the molecule is CC(=O)OCCN. The lowest BCUT2D eigenvalue weighted by Gasteiger charge is -1.93. The number of hydrogen-bond acceptors (Lipinski definition) is 3. The topological polar surface area (TPSA) is 52.3 Å². The van der Waals surface area contributed by atoms with Crippen molar-refractivity contribution < 1.29 is 9.53 Å². The molecule has 0 amide bonds. The van der Waals surface area contributed by atoms with Crippen LogP contribution in [0.15, 0.2) is 0 Å². The predicted octanol–water partition coefficient (Wildman–Crippen LogP) is -0.492. The molecule has 0 fully saturated rings. The third kappa shape index (κ3) is 5.43. The fourth-order valence-corrected chi connectivity index (χ4v) is 0.203. The first-order valence-electron chi connectivity index (χ1n) is 2.11. The number of carbonyl (C=O) groups excluding carboxylic acids is 1. The van der Waals surface area contributed by atoms with Gasteiger partial charge in [0.05, 0.1) is 0 Å². The summed E-state index contributed by atoms with van der Waals surface area (Å²) in [6.45, 7) is 2.09. The Balaban J connectivity index is 2.82. The Morgan fingerprint density at radius 2 is 2.43 bits per heavy atom. The Morgan fingerprint density at radius 1 is 1.86 bits per heavy atom. The van der Waals surface area contributed by atoms with Gasteiger partial charge in [-0.1, -0.05) is 0 Å². The van der Waals surface area contributed by atoms with Crippen molar-refractivity contribution in [1.29, 1.82) is 0 Å². The van der Waals surface area contributed by atoms with Crippen LogP contribution in [0.4, 0.5) is 0 Å². The maximum atomic E-state index is 9.92. The summed E-state index contributed by atoms with van der Waals surface area (Å²) in [4.78, 5) is 9.92. The zero-order chi connectivity index (χ0) is 5.70. The molecule has 0 aliphatic rings. The van der Waals surface area contributed by atoms with Gasteiger partial charge in [0.15, 0.2) is 0 Å². The van der Waals surface area contributed by atoms with E-state index < -0.39 is 0 Å². The molecule has 2 N–H and O–H groups in total. The van der Waals surface area contributed by atoms with E-state index in [1.165, 1.54) is 6.92 Å². The lowest BCUT2D eigenvalue weighted by molar-refractivity contribution is -0.140. The fourth-order valence-electron chi connectivity index (χ4n) is 0.203. The van der Waals surface area contributed by atoms with Gasteiger partial charge in [-0.3, -0.25) is 4.79 Å². The van der Waals surface area contributed by atoms with Crippen LogP contribution >= 0.6 is 0 Å². The second kappa shape index (κ2) is 3.61. The summed E-state index contributed by atoms with van der Waals surface area (Å²) in [5, 5.41) is 0. The van der Waals surface area contributed by atoms with E-state index in [1.54, 1.807) is 0 Å². The minimum absolute atomic E-state index is 0.273. The lowest BCUT2D eigenvalue weighted by Crippen LogP contribution is -2.10. The van der Waals surface area contributed by atoms with Gasteiger partial charge < -0.3 is 10.5 Å². The molecule has 0 bridgehead atoms. The molecule has 42 valence electrons. The molecule has 0 radical (unpaired) electrons. The van der Waals surface area contributed by atoms with E-state index in [4.69, 9.17) is 5.73 Å². The molecule has 0 aliphatic carbocycles. The molecule has 0 aromatic rings. The molecule has 0 spiro atoms. The van der Waals surface area contributed by atoms with E-state index in [-0.39, 0.29) is 5.97 Å². The van der Waals surface area contributed by atoms with Gasteiger partial charge in [-0.05, 0) is 0 Å². The minimum Gasteiger partial charge on any atom is -0.465 e. The molecule has 0 saturated heterocycles. The molecule has 0 atom stereocenters. The molecule has 3 nitrogen and oxygen atoms in total. The first-order chi connectivity index (χ1) is 3.27. The monoisotopic (exact) mass is 103 g/mol. The number of carbonyl (C=O) groups is 1. The van der Waals surface area contributed by atoms with Crippen molar-refractivity contribution in [1.82, 2.24) is 0 Å². The van der Waals surface area contributed by atoms with Crippen LogP contribution in [0.1, 0.15) is 6.92 Å². The van der Waals surface area contributed by atoms with Crippen LogP contribution < -0.4 is 5.73 Å². The highest BCUT2D eigenvalue weighted by atomic mass is 16.5. The van der Waals surface area contributed by atoms with Gasteiger partial charge in [0, 0.05) is 13.5 Å². The summed E-state index contributed by atoms with van der Waals surface area (Å²) in [5.74, 6) is -0.273. The van der Waals surface area contributed by atoms with E-state index in [9.17, 15) is 4.79 Å². The molecule has 0 aliphatic heterocycles. The van der Waals surface area contributed by atoms with E-state index >= 15 is 0 Å². The number of ether oxygens (including phenoxy) is 1. The Bertz CT molecular complexity index is 62.7. The summed E-state index contributed by atoms with van der Waals surface area (Å²) in [6, 6.07) is 0. The normalized spacial score (nSPS) is 8.29. The minimum atomic E-state index is -0.273. The third-order valence-electron chi connectivity index (χ3n) is 0.423. The Hall–Kier alpha value is -0.570.